The number of carbonyl (C=O) groups is 1. The molecule has 1 aromatic carbocycles. The number of amides is 1. The third-order valence-electron chi connectivity index (χ3n) is 4.25. The summed E-state index contributed by atoms with van der Waals surface area (Å²) in [6.07, 6.45) is 0. The SMILES string of the molecule is Cc1[nH]nc2c1[C@]1(C(=O)Nc3ccccc31)C(C#N)=C(N)N2. The number of nitrogens with two attached hydrogens (primary N) is 1. The molecular weight excluding hydrogens is 280 g/mol. The average molecular weight is 292 g/mol. The number of nitriles is 1. The molecule has 2 aliphatic heterocycles. The zero-order chi connectivity index (χ0) is 15.5. The molecule has 1 aromatic heterocycles. The minimum atomic E-state index is -1.26. The van der Waals surface area contributed by atoms with Gasteiger partial charge >= 0.3 is 0 Å². The van der Waals surface area contributed by atoms with Crippen molar-refractivity contribution in [1.82, 2.24) is 10.2 Å². The van der Waals surface area contributed by atoms with Crippen LogP contribution in [0.3, 0.4) is 0 Å². The lowest BCUT2D eigenvalue weighted by molar-refractivity contribution is -0.118. The maximum absolute atomic E-state index is 12.9. The molecule has 4 rings (SSSR count). The van der Waals surface area contributed by atoms with Gasteiger partial charge in [0.15, 0.2) is 5.82 Å². The van der Waals surface area contributed by atoms with E-state index in [-0.39, 0.29) is 17.3 Å². The second kappa shape index (κ2) is 3.89. The lowest BCUT2D eigenvalue weighted by atomic mass is 9.68. The molecule has 0 saturated carbocycles. The minimum absolute atomic E-state index is 0.147. The van der Waals surface area contributed by atoms with Gasteiger partial charge in [-0.3, -0.25) is 9.89 Å². The van der Waals surface area contributed by atoms with Gasteiger partial charge in [0.25, 0.3) is 0 Å². The molecule has 1 amide bonds. The predicted octanol–water partition coefficient (Wildman–Crippen LogP) is 1.08. The second-order valence-electron chi connectivity index (χ2n) is 5.35. The van der Waals surface area contributed by atoms with Crippen molar-refractivity contribution in [1.29, 1.82) is 5.26 Å². The molecule has 2 aromatic rings. The van der Waals surface area contributed by atoms with Crippen LogP contribution in [0.15, 0.2) is 35.7 Å². The van der Waals surface area contributed by atoms with Crippen molar-refractivity contribution in [3.63, 3.8) is 0 Å². The maximum atomic E-state index is 12.9. The molecule has 0 saturated heterocycles. The van der Waals surface area contributed by atoms with Crippen LogP contribution in [0.4, 0.5) is 11.5 Å². The van der Waals surface area contributed by atoms with Crippen LogP contribution in [0.2, 0.25) is 0 Å². The highest BCUT2D eigenvalue weighted by atomic mass is 16.2. The quantitative estimate of drug-likeness (QED) is 0.579. The van der Waals surface area contributed by atoms with Crippen molar-refractivity contribution in [3.8, 4) is 6.07 Å². The number of aromatic nitrogens is 2. The molecule has 1 spiro atoms. The summed E-state index contributed by atoms with van der Waals surface area (Å²) in [5.41, 5.74) is 7.68. The number of anilines is 2. The third kappa shape index (κ3) is 1.20. The van der Waals surface area contributed by atoms with Crippen molar-refractivity contribution in [3.05, 3.63) is 52.5 Å². The largest absolute Gasteiger partial charge is 0.384 e. The fourth-order valence-electron chi connectivity index (χ4n) is 3.39. The van der Waals surface area contributed by atoms with Crippen molar-refractivity contribution in [2.24, 2.45) is 5.73 Å². The molecule has 0 aliphatic carbocycles. The van der Waals surface area contributed by atoms with Crippen LogP contribution in [0.1, 0.15) is 16.8 Å². The number of H-pyrrole nitrogens is 1. The number of nitrogens with zero attached hydrogens (tertiary/aromatic N) is 2. The van der Waals surface area contributed by atoms with Gasteiger partial charge in [-0.25, -0.2) is 0 Å². The Bertz CT molecular complexity index is 903. The number of aryl methyl sites for hydroxylation is 1. The summed E-state index contributed by atoms with van der Waals surface area (Å²) < 4.78 is 0. The summed E-state index contributed by atoms with van der Waals surface area (Å²) in [5, 5.41) is 22.4. The van der Waals surface area contributed by atoms with Crippen LogP contribution in [-0.2, 0) is 10.2 Å². The number of carbonyl (C=O) groups excluding carboxylic acids is 1. The van der Waals surface area contributed by atoms with E-state index in [1.807, 2.05) is 31.2 Å². The van der Waals surface area contributed by atoms with E-state index in [4.69, 9.17) is 5.73 Å². The fraction of sp³-hybridized carbons (Fsp3) is 0.133. The number of para-hydroxylation sites is 1. The number of fused-ring (bicyclic) bond motifs is 4. The highest BCUT2D eigenvalue weighted by molar-refractivity contribution is 6.13. The van der Waals surface area contributed by atoms with Gasteiger partial charge in [0, 0.05) is 22.5 Å². The van der Waals surface area contributed by atoms with Crippen molar-refractivity contribution < 1.29 is 4.79 Å². The summed E-state index contributed by atoms with van der Waals surface area (Å²) in [5.74, 6) is 0.328. The minimum Gasteiger partial charge on any atom is -0.384 e. The predicted molar refractivity (Wildman–Crippen MR) is 79.6 cm³/mol. The van der Waals surface area contributed by atoms with Crippen LogP contribution in [0.5, 0.6) is 0 Å². The van der Waals surface area contributed by atoms with Crippen molar-refractivity contribution >= 4 is 17.4 Å². The Kier molecular flexibility index (Phi) is 2.20. The smallest absolute Gasteiger partial charge is 0.245 e. The summed E-state index contributed by atoms with van der Waals surface area (Å²) in [7, 11) is 0. The topological polar surface area (TPSA) is 120 Å². The van der Waals surface area contributed by atoms with Gasteiger partial charge in [0.1, 0.15) is 17.3 Å². The van der Waals surface area contributed by atoms with E-state index in [0.29, 0.717) is 22.6 Å². The van der Waals surface area contributed by atoms with E-state index in [1.165, 1.54) is 0 Å². The monoisotopic (exact) mass is 292 g/mol. The number of rotatable bonds is 0. The Morgan fingerprint density at radius 2 is 2.09 bits per heavy atom. The Hall–Kier alpha value is -3.27. The molecular formula is C15H12N6O. The lowest BCUT2D eigenvalue weighted by Crippen LogP contribution is -2.43. The fourth-order valence-corrected chi connectivity index (χ4v) is 3.39. The molecule has 7 heteroatoms. The second-order valence-corrected chi connectivity index (χ2v) is 5.35. The molecule has 2 aliphatic rings. The molecule has 0 bridgehead atoms. The van der Waals surface area contributed by atoms with Crippen LogP contribution >= 0.6 is 0 Å². The molecule has 3 heterocycles. The number of benzene rings is 1. The highest BCUT2D eigenvalue weighted by Gasteiger charge is 2.57. The normalized spacial score (nSPS) is 21.9. The van der Waals surface area contributed by atoms with Gasteiger partial charge in [-0.1, -0.05) is 18.2 Å². The third-order valence-corrected chi connectivity index (χ3v) is 4.25. The van der Waals surface area contributed by atoms with E-state index in [0.717, 1.165) is 5.69 Å². The molecule has 7 nitrogen and oxygen atoms in total. The first-order valence-corrected chi connectivity index (χ1v) is 6.74. The number of nitrogens with one attached hydrogen (secondary N) is 3. The van der Waals surface area contributed by atoms with E-state index < -0.39 is 5.41 Å². The van der Waals surface area contributed by atoms with Crippen LogP contribution in [0, 0.1) is 18.3 Å². The molecule has 1 atom stereocenters. The number of hydrogen-bond donors (Lipinski definition) is 4. The molecule has 108 valence electrons. The molecule has 22 heavy (non-hydrogen) atoms. The molecule has 0 radical (unpaired) electrons. The maximum Gasteiger partial charge on any atom is 0.245 e. The first-order chi connectivity index (χ1) is 10.6. The molecule has 5 N–H and O–H groups in total. The van der Waals surface area contributed by atoms with Crippen LogP contribution in [0.25, 0.3) is 0 Å². The Balaban J connectivity index is 2.18. The van der Waals surface area contributed by atoms with Crippen LogP contribution in [-0.4, -0.2) is 16.1 Å². The van der Waals surface area contributed by atoms with Gasteiger partial charge in [-0.05, 0) is 13.0 Å². The Morgan fingerprint density at radius 1 is 1.32 bits per heavy atom. The zero-order valence-electron chi connectivity index (χ0n) is 11.7. The summed E-state index contributed by atoms with van der Waals surface area (Å²) in [6, 6.07) is 9.42. The first kappa shape index (κ1) is 12.5. The van der Waals surface area contributed by atoms with Gasteiger partial charge in [-0.2, -0.15) is 10.4 Å². The Morgan fingerprint density at radius 3 is 2.86 bits per heavy atom. The van der Waals surface area contributed by atoms with E-state index in [2.05, 4.69) is 26.9 Å². The zero-order valence-corrected chi connectivity index (χ0v) is 11.7. The molecule has 0 fully saturated rings. The summed E-state index contributed by atoms with van der Waals surface area (Å²) in [6.45, 7) is 1.82. The van der Waals surface area contributed by atoms with Crippen molar-refractivity contribution in [2.45, 2.75) is 12.3 Å². The van der Waals surface area contributed by atoms with Gasteiger partial charge in [0.05, 0.1) is 5.57 Å². The van der Waals surface area contributed by atoms with E-state index in [1.54, 1.807) is 0 Å². The van der Waals surface area contributed by atoms with E-state index >= 15 is 0 Å². The van der Waals surface area contributed by atoms with Gasteiger partial charge in [0.2, 0.25) is 5.91 Å². The van der Waals surface area contributed by atoms with E-state index in [9.17, 15) is 10.1 Å². The van der Waals surface area contributed by atoms with Crippen molar-refractivity contribution in [2.75, 3.05) is 10.6 Å². The molecule has 0 unspecified atom stereocenters. The van der Waals surface area contributed by atoms with Gasteiger partial charge < -0.3 is 16.4 Å². The number of aromatic amines is 1. The lowest BCUT2D eigenvalue weighted by Gasteiger charge is -2.32. The van der Waals surface area contributed by atoms with Crippen LogP contribution < -0.4 is 16.4 Å². The highest BCUT2D eigenvalue weighted by Crippen LogP contribution is 2.52. The summed E-state index contributed by atoms with van der Waals surface area (Å²) >= 11 is 0. The summed E-state index contributed by atoms with van der Waals surface area (Å²) in [4.78, 5) is 12.9. The standard InChI is InChI=1S/C15H12N6O/c1-7-11-13(21-20-7)19-12(17)9(6-16)15(11)8-4-2-3-5-10(8)18-14(15)22/h2-5H,17H2,1H3,(H,18,22)(H2,19,20,21)/t15-/m1/s1. The average Bonchev–Trinajstić information content (AvgIpc) is 3.00. The van der Waals surface area contributed by atoms with Gasteiger partial charge in [-0.15, -0.1) is 0 Å². The first-order valence-electron chi connectivity index (χ1n) is 6.74. The Labute approximate surface area is 125 Å². The number of hydrogen-bond acceptors (Lipinski definition) is 5.